The van der Waals surface area contributed by atoms with E-state index in [-0.39, 0.29) is 0 Å². The molecule has 0 aliphatic heterocycles. The monoisotopic (exact) mass is 291 g/mol. The number of rotatable bonds is 5. The van der Waals surface area contributed by atoms with Gasteiger partial charge in [-0.3, -0.25) is 0 Å². The molecule has 0 aliphatic carbocycles. The molecule has 2 N–H and O–H groups in total. The van der Waals surface area contributed by atoms with Gasteiger partial charge >= 0.3 is 0 Å². The van der Waals surface area contributed by atoms with Gasteiger partial charge in [0, 0.05) is 11.3 Å². The van der Waals surface area contributed by atoms with Gasteiger partial charge in [-0.2, -0.15) is 4.37 Å². The molecule has 1 heterocycles. The number of nitrogens with two attached hydrogens (primary N) is 1. The average Bonchev–Trinajstić information content (AvgIpc) is 2.96. The number of hydrogen-bond donors (Lipinski definition) is 1. The molecule has 0 spiro atoms. The zero-order chi connectivity index (χ0) is 13.3. The number of thioether (sulfide) groups is 1. The van der Waals surface area contributed by atoms with E-state index in [2.05, 4.69) is 21.2 Å². The molecule has 98 valence electrons. The van der Waals surface area contributed by atoms with Gasteiger partial charge < -0.3 is 10.5 Å². The van der Waals surface area contributed by atoms with Crippen LogP contribution in [0.5, 0.6) is 5.75 Å². The van der Waals surface area contributed by atoms with Gasteiger partial charge in [-0.05, 0) is 35.8 Å². The second-order valence-corrected chi connectivity index (χ2v) is 5.56. The van der Waals surface area contributed by atoms with Crippen molar-refractivity contribution in [2.45, 2.75) is 4.34 Å². The SMILES string of the molecule is NCC#Cc1ccc(OCCSc2ncns2)cc1. The second kappa shape index (κ2) is 7.79. The summed E-state index contributed by atoms with van der Waals surface area (Å²) in [6.07, 6.45) is 1.56. The molecule has 2 aromatic rings. The highest BCUT2D eigenvalue weighted by Gasteiger charge is 1.98. The van der Waals surface area contributed by atoms with Gasteiger partial charge in [-0.25, -0.2) is 4.98 Å². The molecule has 0 saturated heterocycles. The van der Waals surface area contributed by atoms with Gasteiger partial charge in [-0.1, -0.05) is 23.6 Å². The van der Waals surface area contributed by atoms with Crippen LogP contribution in [0.1, 0.15) is 5.56 Å². The Balaban J connectivity index is 1.74. The largest absolute Gasteiger partial charge is 0.493 e. The number of aromatic nitrogens is 2. The van der Waals surface area contributed by atoms with E-state index < -0.39 is 0 Å². The van der Waals surface area contributed by atoms with Gasteiger partial charge in [0.1, 0.15) is 12.1 Å². The zero-order valence-corrected chi connectivity index (χ0v) is 11.8. The van der Waals surface area contributed by atoms with Crippen molar-refractivity contribution >= 4 is 23.3 Å². The third-order valence-electron chi connectivity index (χ3n) is 2.11. The first-order chi connectivity index (χ1) is 9.38. The summed E-state index contributed by atoms with van der Waals surface area (Å²) in [5.41, 5.74) is 6.26. The molecular formula is C13H13N3OS2. The second-order valence-electron chi connectivity index (χ2n) is 3.43. The first-order valence-electron chi connectivity index (χ1n) is 5.70. The van der Waals surface area contributed by atoms with Crippen molar-refractivity contribution in [1.82, 2.24) is 9.36 Å². The molecule has 0 unspecified atom stereocenters. The Hall–Kier alpha value is -1.55. The van der Waals surface area contributed by atoms with Crippen molar-refractivity contribution in [2.24, 2.45) is 5.73 Å². The Morgan fingerprint density at radius 2 is 2.16 bits per heavy atom. The van der Waals surface area contributed by atoms with Crippen LogP contribution >= 0.6 is 23.3 Å². The highest BCUT2D eigenvalue weighted by Crippen LogP contribution is 2.18. The number of ether oxygens (including phenoxy) is 1. The summed E-state index contributed by atoms with van der Waals surface area (Å²) >= 11 is 3.04. The number of benzene rings is 1. The van der Waals surface area contributed by atoms with Crippen LogP contribution in [0.3, 0.4) is 0 Å². The van der Waals surface area contributed by atoms with Crippen LogP contribution in [0.15, 0.2) is 34.9 Å². The van der Waals surface area contributed by atoms with Crippen LogP contribution in [0.2, 0.25) is 0 Å². The highest BCUT2D eigenvalue weighted by atomic mass is 32.2. The third kappa shape index (κ3) is 4.91. The van der Waals surface area contributed by atoms with Gasteiger partial charge in [0.2, 0.25) is 0 Å². The maximum absolute atomic E-state index is 5.63. The van der Waals surface area contributed by atoms with E-state index in [0.29, 0.717) is 13.2 Å². The van der Waals surface area contributed by atoms with E-state index in [1.807, 2.05) is 24.3 Å². The zero-order valence-electron chi connectivity index (χ0n) is 10.2. The van der Waals surface area contributed by atoms with Crippen molar-refractivity contribution in [2.75, 3.05) is 18.9 Å². The molecule has 0 fully saturated rings. The summed E-state index contributed by atoms with van der Waals surface area (Å²) < 4.78 is 10.5. The van der Waals surface area contributed by atoms with Crippen LogP contribution in [-0.2, 0) is 0 Å². The Labute approximate surface area is 120 Å². The molecule has 4 nitrogen and oxygen atoms in total. The normalized spacial score (nSPS) is 9.74. The Morgan fingerprint density at radius 3 is 2.84 bits per heavy atom. The summed E-state index contributed by atoms with van der Waals surface area (Å²) in [6, 6.07) is 7.68. The lowest BCUT2D eigenvalue weighted by atomic mass is 10.2. The van der Waals surface area contributed by atoms with Gasteiger partial charge in [0.15, 0.2) is 4.34 Å². The van der Waals surface area contributed by atoms with E-state index >= 15 is 0 Å². The predicted octanol–water partition coefficient (Wildman–Crippen LogP) is 2.02. The van der Waals surface area contributed by atoms with Crippen LogP contribution in [-0.4, -0.2) is 28.3 Å². The molecule has 6 heteroatoms. The molecular weight excluding hydrogens is 278 g/mol. The van der Waals surface area contributed by atoms with Crippen LogP contribution in [0.4, 0.5) is 0 Å². The molecule has 2 rings (SSSR count). The minimum Gasteiger partial charge on any atom is -0.493 e. The fourth-order valence-corrected chi connectivity index (χ4v) is 2.63. The van der Waals surface area contributed by atoms with Crippen molar-refractivity contribution in [3.8, 4) is 17.6 Å². The lowest BCUT2D eigenvalue weighted by Crippen LogP contribution is -1.99. The standard InChI is InChI=1S/C13H13N3OS2/c14-7-1-2-11-3-5-12(6-4-11)17-8-9-18-13-15-10-16-19-13/h3-6,10H,7-9,14H2. The number of nitrogens with zero attached hydrogens (tertiary/aromatic N) is 2. The Kier molecular flexibility index (Phi) is 5.69. The first-order valence-corrected chi connectivity index (χ1v) is 7.45. The molecule has 0 amide bonds. The van der Waals surface area contributed by atoms with Crippen LogP contribution < -0.4 is 10.5 Å². The minimum atomic E-state index is 0.376. The fraction of sp³-hybridized carbons (Fsp3) is 0.231. The summed E-state index contributed by atoms with van der Waals surface area (Å²) in [5, 5.41) is 0. The van der Waals surface area contributed by atoms with Gasteiger partial charge in [0.25, 0.3) is 0 Å². The molecule has 0 radical (unpaired) electrons. The molecule has 0 bridgehead atoms. The molecule has 0 atom stereocenters. The predicted molar refractivity (Wildman–Crippen MR) is 78.5 cm³/mol. The van der Waals surface area contributed by atoms with E-state index in [1.165, 1.54) is 11.5 Å². The molecule has 1 aromatic carbocycles. The summed E-state index contributed by atoms with van der Waals surface area (Å²) in [4.78, 5) is 4.09. The third-order valence-corrected chi connectivity index (χ3v) is 3.87. The van der Waals surface area contributed by atoms with Crippen LogP contribution in [0, 0.1) is 11.8 Å². The topological polar surface area (TPSA) is 61.0 Å². The lowest BCUT2D eigenvalue weighted by Gasteiger charge is -2.04. The minimum absolute atomic E-state index is 0.376. The Bertz CT molecular complexity index is 544. The molecule has 19 heavy (non-hydrogen) atoms. The lowest BCUT2D eigenvalue weighted by molar-refractivity contribution is 0.344. The quantitative estimate of drug-likeness (QED) is 0.519. The smallest absolute Gasteiger partial charge is 0.169 e. The van der Waals surface area contributed by atoms with Gasteiger partial charge in [-0.15, -0.1) is 0 Å². The van der Waals surface area contributed by atoms with Crippen molar-refractivity contribution in [1.29, 1.82) is 0 Å². The molecule has 0 aliphatic rings. The van der Waals surface area contributed by atoms with Crippen molar-refractivity contribution in [3.05, 3.63) is 36.2 Å². The number of hydrogen-bond acceptors (Lipinski definition) is 6. The summed E-state index contributed by atoms with van der Waals surface area (Å²) in [7, 11) is 0. The van der Waals surface area contributed by atoms with E-state index in [4.69, 9.17) is 10.5 Å². The van der Waals surface area contributed by atoms with Gasteiger partial charge in [0.05, 0.1) is 13.2 Å². The van der Waals surface area contributed by atoms with Crippen molar-refractivity contribution in [3.63, 3.8) is 0 Å². The average molecular weight is 291 g/mol. The van der Waals surface area contributed by atoms with E-state index in [0.717, 1.165) is 21.4 Å². The highest BCUT2D eigenvalue weighted by molar-refractivity contribution is 8.00. The summed E-state index contributed by atoms with van der Waals surface area (Å²) in [6.45, 7) is 1.01. The maximum atomic E-state index is 5.63. The fourth-order valence-electron chi connectivity index (χ4n) is 1.30. The van der Waals surface area contributed by atoms with E-state index in [1.54, 1.807) is 18.1 Å². The van der Waals surface area contributed by atoms with Crippen LogP contribution in [0.25, 0.3) is 0 Å². The molecule has 0 saturated carbocycles. The van der Waals surface area contributed by atoms with Crippen molar-refractivity contribution < 1.29 is 4.74 Å². The first kappa shape index (κ1) is 13.9. The summed E-state index contributed by atoms with van der Waals surface area (Å²) in [5.74, 6) is 7.48. The molecule has 1 aromatic heterocycles. The maximum Gasteiger partial charge on any atom is 0.169 e. The Morgan fingerprint density at radius 1 is 1.32 bits per heavy atom. The van der Waals surface area contributed by atoms with E-state index in [9.17, 15) is 0 Å².